The summed E-state index contributed by atoms with van der Waals surface area (Å²) < 4.78 is 5.02. The first-order valence-electron chi connectivity index (χ1n) is 4.52. The van der Waals surface area contributed by atoms with Crippen LogP contribution in [0.25, 0.3) is 0 Å². The fourth-order valence-electron chi connectivity index (χ4n) is 1.07. The Kier molecular flexibility index (Phi) is 4.39. The maximum Gasteiger partial charge on any atom is 0.0950 e. The quantitative estimate of drug-likeness (QED) is 0.789. The average Bonchev–Trinajstić information content (AvgIpc) is 2.66. The average molecular weight is 199 g/mol. The van der Waals surface area contributed by atoms with E-state index in [0.29, 0.717) is 11.3 Å². The Balaban J connectivity index is 2.30. The Morgan fingerprint density at radius 2 is 2.31 bits per heavy atom. The van der Waals surface area contributed by atoms with Gasteiger partial charge in [-0.2, -0.15) is 11.8 Å². The first-order chi connectivity index (χ1) is 6.24. The fraction of sp³-hybridized carbons (Fsp3) is 0.600. The van der Waals surface area contributed by atoms with E-state index in [0.717, 1.165) is 6.54 Å². The smallest absolute Gasteiger partial charge is 0.0950 e. The molecule has 74 valence electrons. The van der Waals surface area contributed by atoms with Crippen LogP contribution in [0.1, 0.15) is 25.5 Å². The highest BCUT2D eigenvalue weighted by Crippen LogP contribution is 2.13. The zero-order chi connectivity index (χ0) is 9.68. The molecule has 0 fully saturated rings. The molecule has 0 amide bonds. The van der Waals surface area contributed by atoms with Crippen molar-refractivity contribution < 1.29 is 4.42 Å². The van der Waals surface area contributed by atoms with Crippen LogP contribution in [0.5, 0.6) is 0 Å². The number of hydrogen-bond acceptors (Lipinski definition) is 3. The van der Waals surface area contributed by atoms with Gasteiger partial charge in [-0.15, -0.1) is 0 Å². The molecule has 0 saturated carbocycles. The Labute approximate surface area is 84.1 Å². The molecule has 0 spiro atoms. The lowest BCUT2D eigenvalue weighted by Gasteiger charge is -2.14. The van der Waals surface area contributed by atoms with Gasteiger partial charge in [0.05, 0.1) is 12.5 Å². The standard InChI is InChI=1S/C10H17NOS/c1-8(13-3)6-11-9(2)10-4-5-12-7-10/h4-5,7-9,11H,6H2,1-3H3. The number of nitrogens with one attached hydrogen (secondary N) is 1. The van der Waals surface area contributed by atoms with Crippen LogP contribution in [0.4, 0.5) is 0 Å². The van der Waals surface area contributed by atoms with Gasteiger partial charge in [-0.05, 0) is 19.2 Å². The highest BCUT2D eigenvalue weighted by Gasteiger charge is 2.07. The summed E-state index contributed by atoms with van der Waals surface area (Å²) in [6, 6.07) is 2.38. The second-order valence-corrected chi connectivity index (χ2v) is 4.51. The van der Waals surface area contributed by atoms with Crippen LogP contribution in [0.2, 0.25) is 0 Å². The molecule has 0 radical (unpaired) electrons. The van der Waals surface area contributed by atoms with Crippen molar-refractivity contribution in [3.8, 4) is 0 Å². The first-order valence-corrected chi connectivity index (χ1v) is 5.81. The van der Waals surface area contributed by atoms with Crippen molar-refractivity contribution in [3.05, 3.63) is 24.2 Å². The van der Waals surface area contributed by atoms with E-state index in [-0.39, 0.29) is 0 Å². The minimum Gasteiger partial charge on any atom is -0.472 e. The summed E-state index contributed by atoms with van der Waals surface area (Å²) in [5.74, 6) is 0. The van der Waals surface area contributed by atoms with Gasteiger partial charge in [-0.3, -0.25) is 0 Å². The lowest BCUT2D eigenvalue weighted by molar-refractivity contribution is 0.539. The van der Waals surface area contributed by atoms with E-state index in [2.05, 4.69) is 25.4 Å². The van der Waals surface area contributed by atoms with E-state index in [1.165, 1.54) is 5.56 Å². The van der Waals surface area contributed by atoms with Crippen LogP contribution in [-0.2, 0) is 0 Å². The predicted molar refractivity (Wildman–Crippen MR) is 58.1 cm³/mol. The third-order valence-electron chi connectivity index (χ3n) is 2.16. The molecule has 0 aliphatic rings. The third-order valence-corrected chi connectivity index (χ3v) is 3.13. The summed E-state index contributed by atoms with van der Waals surface area (Å²) >= 11 is 1.88. The molecule has 0 aromatic carbocycles. The van der Waals surface area contributed by atoms with Crippen molar-refractivity contribution in [2.24, 2.45) is 0 Å². The molecular weight excluding hydrogens is 182 g/mol. The highest BCUT2D eigenvalue weighted by molar-refractivity contribution is 7.99. The van der Waals surface area contributed by atoms with E-state index >= 15 is 0 Å². The number of furan rings is 1. The Morgan fingerprint density at radius 1 is 1.54 bits per heavy atom. The highest BCUT2D eigenvalue weighted by atomic mass is 32.2. The summed E-state index contributed by atoms with van der Waals surface area (Å²) in [7, 11) is 0. The summed E-state index contributed by atoms with van der Waals surface area (Å²) in [5, 5.41) is 4.12. The van der Waals surface area contributed by atoms with Crippen LogP contribution < -0.4 is 5.32 Å². The monoisotopic (exact) mass is 199 g/mol. The minimum atomic E-state index is 0.383. The van der Waals surface area contributed by atoms with E-state index in [1.807, 2.05) is 17.8 Å². The van der Waals surface area contributed by atoms with Crippen LogP contribution in [0.3, 0.4) is 0 Å². The van der Waals surface area contributed by atoms with Gasteiger partial charge in [0.2, 0.25) is 0 Å². The molecule has 2 unspecified atom stereocenters. The molecular formula is C10H17NOS. The van der Waals surface area contributed by atoms with Gasteiger partial charge in [0.1, 0.15) is 0 Å². The van der Waals surface area contributed by atoms with Gasteiger partial charge in [0.15, 0.2) is 0 Å². The van der Waals surface area contributed by atoms with Crippen molar-refractivity contribution in [1.82, 2.24) is 5.32 Å². The van der Waals surface area contributed by atoms with Crippen LogP contribution >= 0.6 is 11.8 Å². The minimum absolute atomic E-state index is 0.383. The van der Waals surface area contributed by atoms with Gasteiger partial charge in [-0.25, -0.2) is 0 Å². The summed E-state index contributed by atoms with van der Waals surface area (Å²) in [4.78, 5) is 0. The van der Waals surface area contributed by atoms with Crippen molar-refractivity contribution >= 4 is 11.8 Å². The maximum absolute atomic E-state index is 5.02. The van der Waals surface area contributed by atoms with Crippen molar-refractivity contribution in [3.63, 3.8) is 0 Å². The van der Waals surface area contributed by atoms with E-state index < -0.39 is 0 Å². The molecule has 0 aliphatic carbocycles. The fourth-order valence-corrected chi connectivity index (χ4v) is 1.33. The van der Waals surface area contributed by atoms with E-state index in [4.69, 9.17) is 4.42 Å². The van der Waals surface area contributed by atoms with Crippen molar-refractivity contribution in [2.75, 3.05) is 12.8 Å². The molecule has 0 aliphatic heterocycles. The van der Waals surface area contributed by atoms with Crippen molar-refractivity contribution in [2.45, 2.75) is 25.1 Å². The Morgan fingerprint density at radius 3 is 2.85 bits per heavy atom. The largest absolute Gasteiger partial charge is 0.472 e. The topological polar surface area (TPSA) is 25.2 Å². The van der Waals surface area contributed by atoms with Crippen LogP contribution in [0.15, 0.2) is 23.0 Å². The molecule has 0 saturated heterocycles. The van der Waals surface area contributed by atoms with Crippen LogP contribution in [0, 0.1) is 0 Å². The molecule has 1 heterocycles. The molecule has 2 atom stereocenters. The maximum atomic E-state index is 5.02. The molecule has 1 aromatic heterocycles. The molecule has 1 aromatic rings. The lowest BCUT2D eigenvalue weighted by atomic mass is 10.2. The van der Waals surface area contributed by atoms with Gasteiger partial charge >= 0.3 is 0 Å². The zero-order valence-corrected chi connectivity index (χ0v) is 9.23. The summed E-state index contributed by atoms with van der Waals surface area (Å²) in [5.41, 5.74) is 1.22. The zero-order valence-electron chi connectivity index (χ0n) is 8.41. The number of thioether (sulfide) groups is 1. The van der Waals surface area contributed by atoms with Gasteiger partial charge in [-0.1, -0.05) is 6.92 Å². The summed E-state index contributed by atoms with van der Waals surface area (Å²) in [6.07, 6.45) is 5.64. The summed E-state index contributed by atoms with van der Waals surface area (Å²) in [6.45, 7) is 5.41. The third kappa shape index (κ3) is 3.44. The number of hydrogen-bond donors (Lipinski definition) is 1. The molecule has 13 heavy (non-hydrogen) atoms. The van der Waals surface area contributed by atoms with E-state index in [9.17, 15) is 0 Å². The second-order valence-electron chi connectivity index (χ2n) is 3.23. The normalized spacial score (nSPS) is 15.6. The van der Waals surface area contributed by atoms with Gasteiger partial charge < -0.3 is 9.73 Å². The Bertz CT molecular complexity index is 223. The van der Waals surface area contributed by atoms with Crippen molar-refractivity contribution in [1.29, 1.82) is 0 Å². The van der Waals surface area contributed by atoms with Gasteiger partial charge in [0, 0.05) is 23.4 Å². The van der Waals surface area contributed by atoms with Gasteiger partial charge in [0.25, 0.3) is 0 Å². The predicted octanol–water partition coefficient (Wildman–Crippen LogP) is 2.68. The van der Waals surface area contributed by atoms with E-state index in [1.54, 1.807) is 12.5 Å². The first kappa shape index (κ1) is 10.7. The molecule has 3 heteroatoms. The molecule has 0 bridgehead atoms. The lowest BCUT2D eigenvalue weighted by Crippen LogP contribution is -2.25. The molecule has 2 nitrogen and oxygen atoms in total. The number of rotatable bonds is 5. The SMILES string of the molecule is CSC(C)CNC(C)c1ccoc1. The molecule has 1 rings (SSSR count). The molecule has 1 N–H and O–H groups in total. The Hall–Kier alpha value is -0.410. The second kappa shape index (κ2) is 5.35. The van der Waals surface area contributed by atoms with Crippen LogP contribution in [-0.4, -0.2) is 18.1 Å².